The Hall–Kier alpha value is -0.907. The molecule has 2 aliphatic rings. The molecule has 0 N–H and O–H groups in total. The molecule has 0 radical (unpaired) electrons. The largest absolute Gasteiger partial charge is 1.00 e. The average molecular weight is 402 g/mol. The molecule has 0 nitrogen and oxygen atoms in total. The SMILES string of the molecule is C=C[CH](c1cc(C)ccc1C)[Zr+]([C]1=CC=CC1)[C]1=CC=CC1.[Cl-]. The van der Waals surface area contributed by atoms with Crippen molar-refractivity contribution in [2.45, 2.75) is 30.3 Å². The third-order valence-corrected chi connectivity index (χ3v) is 12.6. The molecule has 0 fully saturated rings. The van der Waals surface area contributed by atoms with E-state index in [2.05, 4.69) is 81.2 Å². The van der Waals surface area contributed by atoms with Gasteiger partial charge in [-0.05, 0) is 0 Å². The van der Waals surface area contributed by atoms with E-state index in [4.69, 9.17) is 0 Å². The van der Waals surface area contributed by atoms with Crippen LogP contribution in [-0.2, 0) is 21.8 Å². The molecule has 0 bridgehead atoms. The second-order valence-electron chi connectivity index (χ2n) is 6.14. The summed E-state index contributed by atoms with van der Waals surface area (Å²) in [5.74, 6) is 0. The van der Waals surface area contributed by atoms with Gasteiger partial charge in [0, 0.05) is 0 Å². The van der Waals surface area contributed by atoms with Gasteiger partial charge in [-0.1, -0.05) is 0 Å². The molecule has 1 aromatic carbocycles. The third-order valence-electron chi connectivity index (χ3n) is 4.55. The first-order chi connectivity index (χ1) is 10.7. The number of benzene rings is 1. The van der Waals surface area contributed by atoms with Crippen LogP contribution in [0.5, 0.6) is 0 Å². The van der Waals surface area contributed by atoms with E-state index < -0.39 is 21.8 Å². The molecule has 1 atom stereocenters. The maximum atomic E-state index is 4.23. The van der Waals surface area contributed by atoms with Crippen molar-refractivity contribution in [3.8, 4) is 0 Å². The molecule has 3 rings (SSSR count). The summed E-state index contributed by atoms with van der Waals surface area (Å²) < 4.78 is 3.96. The number of aryl methyl sites for hydroxylation is 2. The van der Waals surface area contributed by atoms with Gasteiger partial charge in [0.2, 0.25) is 0 Å². The van der Waals surface area contributed by atoms with Gasteiger partial charge in [0.15, 0.2) is 0 Å². The van der Waals surface area contributed by atoms with Crippen molar-refractivity contribution in [1.29, 1.82) is 0 Å². The summed E-state index contributed by atoms with van der Waals surface area (Å²) >= 11 is -1.95. The minimum Gasteiger partial charge on any atom is -1.00 e. The van der Waals surface area contributed by atoms with Gasteiger partial charge in [-0.25, -0.2) is 0 Å². The summed E-state index contributed by atoms with van der Waals surface area (Å²) in [4.78, 5) is 0. The van der Waals surface area contributed by atoms with Gasteiger partial charge < -0.3 is 12.4 Å². The van der Waals surface area contributed by atoms with E-state index in [0.717, 1.165) is 12.8 Å². The Balaban J connectivity index is 0.00000192. The minimum absolute atomic E-state index is 0. The van der Waals surface area contributed by atoms with Crippen molar-refractivity contribution in [2.24, 2.45) is 0 Å². The summed E-state index contributed by atoms with van der Waals surface area (Å²) in [5, 5.41) is 0. The van der Waals surface area contributed by atoms with Crippen LogP contribution in [0.3, 0.4) is 0 Å². The first-order valence-corrected chi connectivity index (χ1v) is 11.9. The first-order valence-electron chi connectivity index (χ1n) is 7.99. The van der Waals surface area contributed by atoms with Gasteiger partial charge in [0.05, 0.1) is 0 Å². The normalized spacial score (nSPS) is 16.6. The maximum Gasteiger partial charge on any atom is -1.00 e. The molecule has 0 aromatic heterocycles. The van der Waals surface area contributed by atoms with Crippen molar-refractivity contribution in [3.63, 3.8) is 0 Å². The molecule has 0 saturated heterocycles. The molecule has 0 heterocycles. The zero-order valence-corrected chi connectivity index (χ0v) is 17.1. The molecule has 1 unspecified atom stereocenters. The first kappa shape index (κ1) is 18.4. The summed E-state index contributed by atoms with van der Waals surface area (Å²) in [5.41, 5.74) is 4.27. The van der Waals surface area contributed by atoms with Crippen molar-refractivity contribution < 1.29 is 34.2 Å². The number of hydrogen-bond donors (Lipinski definition) is 0. The van der Waals surface area contributed by atoms with Crippen LogP contribution < -0.4 is 12.4 Å². The summed E-state index contributed by atoms with van der Waals surface area (Å²) in [6.07, 6.45) is 18.4. The van der Waals surface area contributed by atoms with Crippen molar-refractivity contribution in [1.82, 2.24) is 0 Å². The van der Waals surface area contributed by atoms with Gasteiger partial charge >= 0.3 is 143 Å². The fourth-order valence-electron chi connectivity index (χ4n) is 3.39. The van der Waals surface area contributed by atoms with E-state index in [1.807, 2.05) is 0 Å². The van der Waals surface area contributed by atoms with Crippen LogP contribution in [0.1, 0.15) is 33.2 Å². The zero-order chi connectivity index (χ0) is 15.5. The molecule has 0 spiro atoms. The zero-order valence-electron chi connectivity index (χ0n) is 13.9. The fourth-order valence-corrected chi connectivity index (χ4v) is 11.5. The molecule has 1 aromatic rings. The predicted octanol–water partition coefficient (Wildman–Crippen LogP) is 2.84. The van der Waals surface area contributed by atoms with Crippen molar-refractivity contribution in [3.05, 3.63) is 90.6 Å². The molecule has 118 valence electrons. The van der Waals surface area contributed by atoms with E-state index in [-0.39, 0.29) is 12.4 Å². The second kappa shape index (κ2) is 8.27. The number of allylic oxidation sites excluding steroid dienone is 9. The van der Waals surface area contributed by atoms with Crippen LogP contribution in [0, 0.1) is 13.8 Å². The van der Waals surface area contributed by atoms with Crippen LogP contribution in [0.25, 0.3) is 0 Å². The summed E-state index contributed by atoms with van der Waals surface area (Å²) in [6.45, 7) is 8.66. The quantitative estimate of drug-likeness (QED) is 0.665. The van der Waals surface area contributed by atoms with Gasteiger partial charge in [-0.2, -0.15) is 0 Å². The Bertz CT molecular complexity index is 677. The monoisotopic (exact) mass is 400 g/mol. The van der Waals surface area contributed by atoms with E-state index in [1.165, 1.54) is 16.7 Å². The van der Waals surface area contributed by atoms with E-state index >= 15 is 0 Å². The molecular weight excluding hydrogens is 379 g/mol. The van der Waals surface area contributed by atoms with E-state index in [0.29, 0.717) is 3.63 Å². The molecular formula is C21H23ClZr. The van der Waals surface area contributed by atoms with Crippen molar-refractivity contribution >= 4 is 0 Å². The number of hydrogen-bond acceptors (Lipinski definition) is 0. The molecule has 2 heteroatoms. The number of halogens is 1. The van der Waals surface area contributed by atoms with Gasteiger partial charge in [-0.15, -0.1) is 0 Å². The molecule has 0 aliphatic heterocycles. The van der Waals surface area contributed by atoms with E-state index in [9.17, 15) is 0 Å². The van der Waals surface area contributed by atoms with Crippen LogP contribution in [0.15, 0.2) is 73.9 Å². The molecule has 2 aliphatic carbocycles. The summed E-state index contributed by atoms with van der Waals surface area (Å²) in [6, 6.07) is 6.87. The molecule has 0 saturated carbocycles. The van der Waals surface area contributed by atoms with E-state index in [1.54, 1.807) is 6.56 Å². The van der Waals surface area contributed by atoms with Gasteiger partial charge in [0.25, 0.3) is 0 Å². The number of rotatable bonds is 5. The Morgan fingerprint density at radius 3 is 2.13 bits per heavy atom. The van der Waals surface area contributed by atoms with Gasteiger partial charge in [0.1, 0.15) is 0 Å². The Morgan fingerprint density at radius 2 is 1.65 bits per heavy atom. The Morgan fingerprint density at radius 1 is 1.04 bits per heavy atom. The predicted molar refractivity (Wildman–Crippen MR) is 92.5 cm³/mol. The summed E-state index contributed by atoms with van der Waals surface area (Å²) in [7, 11) is 0. The standard InChI is InChI=1S/C11H13.2C5H5.ClH.Zr/c1-4-5-11-8-9(2)6-7-10(11)3;2*1-2-4-5-3-1;;/h4-8H,1H2,2-3H3;2*1-3H,4H2;1H;/q;;;;+1/p-1. The topological polar surface area (TPSA) is 0 Å². The minimum atomic E-state index is -1.95. The Kier molecular flexibility index (Phi) is 6.63. The molecule has 23 heavy (non-hydrogen) atoms. The van der Waals surface area contributed by atoms with Crippen LogP contribution in [0.2, 0.25) is 0 Å². The van der Waals surface area contributed by atoms with Crippen LogP contribution in [0.4, 0.5) is 0 Å². The van der Waals surface area contributed by atoms with Crippen molar-refractivity contribution in [2.75, 3.05) is 0 Å². The fraction of sp³-hybridized carbons (Fsp3) is 0.238. The average Bonchev–Trinajstić information content (AvgIpc) is 3.20. The molecule has 0 amide bonds. The Labute approximate surface area is 154 Å². The third kappa shape index (κ3) is 3.96. The van der Waals surface area contributed by atoms with Gasteiger partial charge in [-0.3, -0.25) is 0 Å². The second-order valence-corrected chi connectivity index (χ2v) is 12.9. The maximum absolute atomic E-state index is 4.23. The van der Waals surface area contributed by atoms with Crippen LogP contribution >= 0.6 is 0 Å². The smallest absolute Gasteiger partial charge is 1.00 e. The van der Waals surface area contributed by atoms with Crippen LogP contribution in [-0.4, -0.2) is 0 Å².